The number of hydrogen-bond donors (Lipinski definition) is 0. The average molecular weight is 326 g/mol. The molecular formula is C21H27FN2. The summed E-state index contributed by atoms with van der Waals surface area (Å²) in [5, 5.41) is 8.10. The minimum atomic E-state index is -0.194. The summed E-state index contributed by atoms with van der Waals surface area (Å²) in [5.74, 6) is 1.56. The molecule has 1 aliphatic carbocycles. The molecule has 1 fully saturated rings. The minimum Gasteiger partial charge on any atom is -0.206 e. The second-order valence-electron chi connectivity index (χ2n) is 7.21. The van der Waals surface area contributed by atoms with Crippen LogP contribution in [0.25, 0.3) is 11.3 Å². The van der Waals surface area contributed by atoms with E-state index in [1.807, 2.05) is 31.2 Å². The first kappa shape index (κ1) is 17.1. The predicted octanol–water partition coefficient (Wildman–Crippen LogP) is 5.74. The van der Waals surface area contributed by atoms with Crippen LogP contribution in [0.15, 0.2) is 30.3 Å². The van der Waals surface area contributed by atoms with E-state index >= 15 is 0 Å². The number of aryl methyl sites for hydroxylation is 2. The minimum absolute atomic E-state index is 0.194. The molecule has 1 aromatic carbocycles. The number of hydrogen-bond acceptors (Lipinski definition) is 2. The van der Waals surface area contributed by atoms with Gasteiger partial charge in [-0.25, -0.2) is 4.39 Å². The summed E-state index contributed by atoms with van der Waals surface area (Å²) in [5.41, 5.74) is 3.07. The fourth-order valence-corrected chi connectivity index (χ4v) is 3.76. The topological polar surface area (TPSA) is 25.8 Å². The average Bonchev–Trinajstić information content (AvgIpc) is 2.61. The summed E-state index contributed by atoms with van der Waals surface area (Å²) in [6.45, 7) is 4.18. The summed E-state index contributed by atoms with van der Waals surface area (Å²) in [7, 11) is 0. The molecule has 0 bridgehead atoms. The maximum Gasteiger partial charge on any atom is 0.132 e. The van der Waals surface area contributed by atoms with Gasteiger partial charge in [0.1, 0.15) is 5.82 Å². The van der Waals surface area contributed by atoms with Gasteiger partial charge in [0.2, 0.25) is 0 Å². The molecule has 1 saturated carbocycles. The van der Waals surface area contributed by atoms with Gasteiger partial charge in [-0.05, 0) is 61.4 Å². The van der Waals surface area contributed by atoms with Crippen molar-refractivity contribution >= 4 is 0 Å². The van der Waals surface area contributed by atoms with Crippen LogP contribution >= 0.6 is 0 Å². The van der Waals surface area contributed by atoms with Gasteiger partial charge in [-0.3, -0.25) is 0 Å². The Labute approximate surface area is 144 Å². The Morgan fingerprint density at radius 2 is 1.75 bits per heavy atom. The molecule has 2 aromatic rings. The molecule has 0 N–H and O–H groups in total. The van der Waals surface area contributed by atoms with E-state index in [2.05, 4.69) is 17.1 Å². The Balaban J connectivity index is 1.60. The van der Waals surface area contributed by atoms with Gasteiger partial charge in [-0.1, -0.05) is 45.1 Å². The van der Waals surface area contributed by atoms with Gasteiger partial charge in [0.15, 0.2) is 0 Å². The molecule has 2 nitrogen and oxygen atoms in total. The quantitative estimate of drug-likeness (QED) is 0.700. The Kier molecular flexibility index (Phi) is 5.60. The molecule has 1 aliphatic rings. The fourth-order valence-electron chi connectivity index (χ4n) is 3.76. The molecule has 1 heterocycles. The molecule has 0 spiro atoms. The highest BCUT2D eigenvalue weighted by Gasteiger charge is 2.19. The summed E-state index contributed by atoms with van der Waals surface area (Å²) in [6.07, 6.45) is 8.91. The third-order valence-electron chi connectivity index (χ3n) is 5.49. The van der Waals surface area contributed by atoms with E-state index in [1.165, 1.54) is 38.5 Å². The highest BCUT2D eigenvalue weighted by molar-refractivity contribution is 5.59. The van der Waals surface area contributed by atoms with Gasteiger partial charge < -0.3 is 0 Å². The Morgan fingerprint density at radius 1 is 1.00 bits per heavy atom. The normalized spacial score (nSPS) is 21.0. The fraction of sp³-hybridized carbons (Fsp3) is 0.524. The van der Waals surface area contributed by atoms with Crippen molar-refractivity contribution in [2.75, 3.05) is 0 Å². The van der Waals surface area contributed by atoms with Crippen molar-refractivity contribution < 1.29 is 4.39 Å². The maximum atomic E-state index is 14.4. The lowest BCUT2D eigenvalue weighted by Crippen LogP contribution is -2.14. The molecule has 1 aromatic heterocycles. The van der Waals surface area contributed by atoms with E-state index in [-0.39, 0.29) is 5.82 Å². The molecule has 0 aliphatic heterocycles. The van der Waals surface area contributed by atoms with Crippen LogP contribution in [0.5, 0.6) is 0 Å². The second kappa shape index (κ2) is 7.87. The first-order valence-electron chi connectivity index (χ1n) is 9.25. The SMILES string of the molecule is CCC1CCC(CCc2ccc(-c3ccc(C)nn3)c(F)c2)CC1. The summed E-state index contributed by atoms with van der Waals surface area (Å²) < 4.78 is 14.4. The number of benzene rings is 1. The summed E-state index contributed by atoms with van der Waals surface area (Å²) >= 11 is 0. The zero-order chi connectivity index (χ0) is 16.9. The zero-order valence-electron chi connectivity index (χ0n) is 14.8. The van der Waals surface area contributed by atoms with Gasteiger partial charge in [-0.15, -0.1) is 0 Å². The van der Waals surface area contributed by atoms with Crippen LogP contribution in [0, 0.1) is 24.6 Å². The summed E-state index contributed by atoms with van der Waals surface area (Å²) in [6, 6.07) is 9.25. The zero-order valence-corrected chi connectivity index (χ0v) is 14.8. The van der Waals surface area contributed by atoms with Crippen molar-refractivity contribution in [1.29, 1.82) is 0 Å². The predicted molar refractivity (Wildman–Crippen MR) is 96.2 cm³/mol. The Bertz CT molecular complexity index is 658. The van der Waals surface area contributed by atoms with Crippen molar-refractivity contribution in [1.82, 2.24) is 10.2 Å². The van der Waals surface area contributed by atoms with Crippen LogP contribution in [0.4, 0.5) is 4.39 Å². The highest BCUT2D eigenvalue weighted by Crippen LogP contribution is 2.33. The first-order valence-corrected chi connectivity index (χ1v) is 9.25. The van der Waals surface area contributed by atoms with Gasteiger partial charge in [0.05, 0.1) is 11.4 Å². The number of aromatic nitrogens is 2. The molecule has 3 rings (SSSR count). The largest absolute Gasteiger partial charge is 0.206 e. The monoisotopic (exact) mass is 326 g/mol. The lowest BCUT2D eigenvalue weighted by atomic mass is 9.78. The molecule has 0 atom stereocenters. The first-order chi connectivity index (χ1) is 11.7. The van der Waals surface area contributed by atoms with Crippen molar-refractivity contribution in [3.8, 4) is 11.3 Å². The Morgan fingerprint density at radius 3 is 2.38 bits per heavy atom. The molecule has 3 heteroatoms. The van der Waals surface area contributed by atoms with E-state index in [4.69, 9.17) is 0 Å². The van der Waals surface area contributed by atoms with Crippen molar-refractivity contribution in [2.24, 2.45) is 11.8 Å². The molecular weight excluding hydrogens is 299 g/mol. The van der Waals surface area contributed by atoms with E-state index < -0.39 is 0 Å². The van der Waals surface area contributed by atoms with Crippen molar-refractivity contribution in [2.45, 2.75) is 58.8 Å². The Hall–Kier alpha value is -1.77. The lowest BCUT2D eigenvalue weighted by Gasteiger charge is -2.27. The van der Waals surface area contributed by atoms with Crippen LogP contribution in [0.3, 0.4) is 0 Å². The number of halogens is 1. The van der Waals surface area contributed by atoms with Gasteiger partial charge in [0.25, 0.3) is 0 Å². The van der Waals surface area contributed by atoms with Crippen LogP contribution in [-0.4, -0.2) is 10.2 Å². The van der Waals surface area contributed by atoms with Gasteiger partial charge in [0, 0.05) is 5.56 Å². The molecule has 0 unspecified atom stereocenters. The lowest BCUT2D eigenvalue weighted by molar-refractivity contribution is 0.259. The van der Waals surface area contributed by atoms with Crippen LogP contribution in [-0.2, 0) is 6.42 Å². The smallest absolute Gasteiger partial charge is 0.132 e. The third kappa shape index (κ3) is 4.19. The van der Waals surface area contributed by atoms with E-state index in [0.717, 1.165) is 29.5 Å². The molecule has 128 valence electrons. The van der Waals surface area contributed by atoms with Crippen LogP contribution in [0.2, 0.25) is 0 Å². The third-order valence-corrected chi connectivity index (χ3v) is 5.49. The summed E-state index contributed by atoms with van der Waals surface area (Å²) in [4.78, 5) is 0. The molecule has 0 radical (unpaired) electrons. The van der Waals surface area contributed by atoms with Crippen LogP contribution in [0.1, 0.15) is 56.7 Å². The van der Waals surface area contributed by atoms with Crippen molar-refractivity contribution in [3.63, 3.8) is 0 Å². The van der Waals surface area contributed by atoms with Crippen LogP contribution < -0.4 is 0 Å². The standard InChI is InChI=1S/C21H27FN2/c1-3-16-5-7-17(8-6-16)9-10-18-11-12-19(20(22)14-18)21-13-4-15(2)23-24-21/h4,11-14,16-17H,3,5-10H2,1-2H3. The van der Waals surface area contributed by atoms with Gasteiger partial charge >= 0.3 is 0 Å². The van der Waals surface area contributed by atoms with E-state index in [9.17, 15) is 4.39 Å². The maximum absolute atomic E-state index is 14.4. The highest BCUT2D eigenvalue weighted by atomic mass is 19.1. The van der Waals surface area contributed by atoms with E-state index in [0.29, 0.717) is 11.3 Å². The van der Waals surface area contributed by atoms with E-state index in [1.54, 1.807) is 6.07 Å². The van der Waals surface area contributed by atoms with Gasteiger partial charge in [-0.2, -0.15) is 10.2 Å². The molecule has 0 amide bonds. The number of nitrogens with zero attached hydrogens (tertiary/aromatic N) is 2. The molecule has 0 saturated heterocycles. The second-order valence-corrected chi connectivity index (χ2v) is 7.21. The van der Waals surface area contributed by atoms with Crippen molar-refractivity contribution in [3.05, 3.63) is 47.4 Å². The number of rotatable bonds is 5. The molecule has 24 heavy (non-hydrogen) atoms.